The van der Waals surface area contributed by atoms with Crippen LogP contribution in [-0.4, -0.2) is 22.8 Å². The summed E-state index contributed by atoms with van der Waals surface area (Å²) in [6.07, 6.45) is 3.44. The van der Waals surface area contributed by atoms with Gasteiger partial charge in [-0.1, -0.05) is 18.2 Å². The minimum Gasteiger partial charge on any atom is -0.504 e. The van der Waals surface area contributed by atoms with E-state index in [0.717, 1.165) is 11.6 Å². The lowest BCUT2D eigenvalue weighted by atomic mass is 9.96. The van der Waals surface area contributed by atoms with Gasteiger partial charge in [-0.15, -0.1) is 0 Å². The molecule has 1 heterocycles. The van der Waals surface area contributed by atoms with Gasteiger partial charge in [-0.25, -0.2) is 4.79 Å². The summed E-state index contributed by atoms with van der Waals surface area (Å²) in [5.41, 5.74) is 0.909. The maximum Gasteiger partial charge on any atom is 0.327 e. The second kappa shape index (κ2) is 4.26. The van der Waals surface area contributed by atoms with Crippen LogP contribution in [-0.2, 0) is 11.2 Å². The largest absolute Gasteiger partial charge is 0.504 e. The minimum absolute atomic E-state index is 0.0467. The number of aliphatic carboxylic acids is 1. The lowest BCUT2D eigenvalue weighted by molar-refractivity contribution is -0.131. The van der Waals surface area contributed by atoms with E-state index in [4.69, 9.17) is 9.84 Å². The fraction of sp³-hybridized carbons (Fsp3) is 0.250. The Morgan fingerprint density at radius 2 is 2.31 bits per heavy atom. The lowest BCUT2D eigenvalue weighted by Crippen LogP contribution is -2.19. The molecule has 0 amide bonds. The van der Waals surface area contributed by atoms with Gasteiger partial charge >= 0.3 is 5.97 Å². The van der Waals surface area contributed by atoms with E-state index in [9.17, 15) is 9.90 Å². The van der Waals surface area contributed by atoms with Crippen LogP contribution in [0.1, 0.15) is 5.56 Å². The van der Waals surface area contributed by atoms with E-state index in [1.54, 1.807) is 18.2 Å². The summed E-state index contributed by atoms with van der Waals surface area (Å²) in [6.45, 7) is 0.397. The average molecular weight is 220 g/mol. The van der Waals surface area contributed by atoms with Gasteiger partial charge in [-0.3, -0.25) is 0 Å². The number of ether oxygens (including phenoxy) is 1. The van der Waals surface area contributed by atoms with E-state index in [2.05, 4.69) is 0 Å². The molecule has 0 aromatic heterocycles. The molecule has 4 nitrogen and oxygen atoms in total. The molecule has 0 saturated carbocycles. The summed E-state index contributed by atoms with van der Waals surface area (Å²) < 4.78 is 5.40. The quantitative estimate of drug-likeness (QED) is 0.742. The molecule has 1 atom stereocenters. The highest BCUT2D eigenvalue weighted by atomic mass is 16.5. The summed E-state index contributed by atoms with van der Waals surface area (Å²) in [5, 5.41) is 18.0. The van der Waals surface area contributed by atoms with E-state index in [1.807, 2.05) is 6.07 Å². The normalized spacial score (nSPS) is 19.1. The van der Waals surface area contributed by atoms with Crippen molar-refractivity contribution in [3.05, 3.63) is 35.9 Å². The Kier molecular flexibility index (Phi) is 2.81. The zero-order valence-corrected chi connectivity index (χ0v) is 8.59. The van der Waals surface area contributed by atoms with Crippen LogP contribution in [0.3, 0.4) is 0 Å². The SMILES string of the molecule is O=C(O)C=CC1COc2c(O)cccc2C1. The van der Waals surface area contributed by atoms with Crippen molar-refractivity contribution in [3.63, 3.8) is 0 Å². The third kappa shape index (κ3) is 2.16. The molecule has 16 heavy (non-hydrogen) atoms. The van der Waals surface area contributed by atoms with Gasteiger partial charge in [-0.2, -0.15) is 0 Å². The van der Waals surface area contributed by atoms with Gasteiger partial charge in [0.05, 0.1) is 6.61 Å². The number of carboxylic acid groups (broad SMARTS) is 1. The number of benzene rings is 1. The van der Waals surface area contributed by atoms with Crippen LogP contribution in [0, 0.1) is 5.92 Å². The van der Waals surface area contributed by atoms with Gasteiger partial charge in [0.25, 0.3) is 0 Å². The highest BCUT2D eigenvalue weighted by Crippen LogP contribution is 2.35. The molecular weight excluding hydrogens is 208 g/mol. The maximum absolute atomic E-state index is 10.4. The summed E-state index contributed by atoms with van der Waals surface area (Å²) in [7, 11) is 0. The highest BCUT2D eigenvalue weighted by Gasteiger charge is 2.20. The number of phenolic OH excluding ortho intramolecular Hbond substituents is 1. The Morgan fingerprint density at radius 3 is 3.06 bits per heavy atom. The van der Waals surface area contributed by atoms with Crippen LogP contribution < -0.4 is 4.74 Å². The molecule has 84 valence electrons. The molecule has 1 aromatic carbocycles. The van der Waals surface area contributed by atoms with E-state index in [-0.39, 0.29) is 11.7 Å². The minimum atomic E-state index is -0.957. The Balaban J connectivity index is 2.15. The fourth-order valence-corrected chi connectivity index (χ4v) is 1.77. The van der Waals surface area contributed by atoms with Crippen LogP contribution in [0.25, 0.3) is 0 Å². The Morgan fingerprint density at radius 1 is 1.50 bits per heavy atom. The van der Waals surface area contributed by atoms with E-state index in [0.29, 0.717) is 18.8 Å². The van der Waals surface area contributed by atoms with Crippen LogP contribution in [0.4, 0.5) is 0 Å². The standard InChI is InChI=1S/C12H12O4/c13-10-3-1-2-9-6-8(4-5-11(14)15)7-16-12(9)10/h1-5,8,13H,6-7H2,(H,14,15). The first-order valence-electron chi connectivity index (χ1n) is 5.01. The number of carboxylic acids is 1. The van der Waals surface area contributed by atoms with Crippen molar-refractivity contribution in [2.45, 2.75) is 6.42 Å². The monoisotopic (exact) mass is 220 g/mol. The Bertz CT molecular complexity index is 437. The summed E-state index contributed by atoms with van der Waals surface area (Å²) in [5.74, 6) is -0.257. The second-order valence-electron chi connectivity index (χ2n) is 3.74. The van der Waals surface area contributed by atoms with Crippen molar-refractivity contribution in [1.29, 1.82) is 0 Å². The molecule has 4 heteroatoms. The number of hydrogen-bond acceptors (Lipinski definition) is 3. The number of rotatable bonds is 2. The molecule has 1 aromatic rings. The van der Waals surface area contributed by atoms with Crippen molar-refractivity contribution in [2.24, 2.45) is 5.92 Å². The third-order valence-corrected chi connectivity index (χ3v) is 2.51. The molecule has 0 saturated heterocycles. The predicted octanol–water partition coefficient (Wildman–Crippen LogP) is 1.58. The molecule has 1 aliphatic rings. The molecule has 0 radical (unpaired) electrons. The molecule has 1 aliphatic heterocycles. The van der Waals surface area contributed by atoms with E-state index < -0.39 is 5.97 Å². The smallest absolute Gasteiger partial charge is 0.327 e. The van der Waals surface area contributed by atoms with Crippen molar-refractivity contribution in [1.82, 2.24) is 0 Å². The average Bonchev–Trinajstić information content (AvgIpc) is 2.26. The summed E-state index contributed by atoms with van der Waals surface area (Å²) in [6, 6.07) is 5.20. The van der Waals surface area contributed by atoms with Crippen LogP contribution in [0.5, 0.6) is 11.5 Å². The third-order valence-electron chi connectivity index (χ3n) is 2.51. The Labute approximate surface area is 92.8 Å². The van der Waals surface area contributed by atoms with Gasteiger partial charge in [0.1, 0.15) is 0 Å². The predicted molar refractivity (Wildman–Crippen MR) is 57.6 cm³/mol. The summed E-state index contributed by atoms with van der Waals surface area (Å²) >= 11 is 0. The van der Waals surface area contributed by atoms with Gasteiger partial charge in [0, 0.05) is 12.0 Å². The number of phenols is 1. The van der Waals surface area contributed by atoms with Crippen molar-refractivity contribution in [2.75, 3.05) is 6.61 Å². The first kappa shape index (κ1) is 10.5. The maximum atomic E-state index is 10.4. The zero-order valence-electron chi connectivity index (χ0n) is 8.59. The van der Waals surface area contributed by atoms with Gasteiger partial charge in [0.2, 0.25) is 0 Å². The van der Waals surface area contributed by atoms with Gasteiger partial charge in [-0.05, 0) is 18.1 Å². The molecule has 1 unspecified atom stereocenters. The van der Waals surface area contributed by atoms with Crippen molar-refractivity contribution in [3.8, 4) is 11.5 Å². The Hall–Kier alpha value is -1.97. The number of fused-ring (bicyclic) bond motifs is 1. The van der Waals surface area contributed by atoms with Crippen molar-refractivity contribution < 1.29 is 19.7 Å². The fourth-order valence-electron chi connectivity index (χ4n) is 1.77. The molecule has 0 aliphatic carbocycles. The van der Waals surface area contributed by atoms with Gasteiger partial charge < -0.3 is 14.9 Å². The molecule has 0 spiro atoms. The number of carbonyl (C=O) groups is 1. The summed E-state index contributed by atoms with van der Waals surface area (Å²) in [4.78, 5) is 10.4. The van der Waals surface area contributed by atoms with Crippen LogP contribution in [0.15, 0.2) is 30.4 Å². The van der Waals surface area contributed by atoms with E-state index in [1.165, 1.54) is 0 Å². The first-order chi connectivity index (χ1) is 7.66. The topological polar surface area (TPSA) is 66.8 Å². The number of hydrogen-bond donors (Lipinski definition) is 2. The van der Waals surface area contributed by atoms with Crippen LogP contribution in [0.2, 0.25) is 0 Å². The molecule has 0 bridgehead atoms. The van der Waals surface area contributed by atoms with Crippen LogP contribution >= 0.6 is 0 Å². The second-order valence-corrected chi connectivity index (χ2v) is 3.74. The lowest BCUT2D eigenvalue weighted by Gasteiger charge is -2.23. The zero-order chi connectivity index (χ0) is 11.5. The molecule has 0 fully saturated rings. The van der Waals surface area contributed by atoms with Gasteiger partial charge in [0.15, 0.2) is 11.5 Å². The molecule has 2 rings (SSSR count). The number of aromatic hydroxyl groups is 1. The highest BCUT2D eigenvalue weighted by molar-refractivity contribution is 5.79. The first-order valence-corrected chi connectivity index (χ1v) is 5.01. The molecule has 2 N–H and O–H groups in total. The van der Waals surface area contributed by atoms with E-state index >= 15 is 0 Å². The molecular formula is C12H12O4. The van der Waals surface area contributed by atoms with Crippen molar-refractivity contribution >= 4 is 5.97 Å². The number of para-hydroxylation sites is 1.